The Morgan fingerprint density at radius 1 is 0.964 bits per heavy atom. The van der Waals surface area contributed by atoms with E-state index in [-0.39, 0.29) is 12.4 Å². The third-order valence-corrected chi connectivity index (χ3v) is 3.92. The first kappa shape index (κ1) is 19.5. The van der Waals surface area contributed by atoms with Gasteiger partial charge in [0.25, 0.3) is 0 Å². The van der Waals surface area contributed by atoms with Crippen LogP contribution >= 0.6 is 11.6 Å². The molecule has 0 spiro atoms. The molecule has 28 heavy (non-hydrogen) atoms. The molecule has 0 unspecified atom stereocenters. The summed E-state index contributed by atoms with van der Waals surface area (Å²) in [5, 5.41) is 4.52. The number of amidine groups is 1. The van der Waals surface area contributed by atoms with Crippen LogP contribution in [0.4, 0.5) is 0 Å². The fraction of sp³-hybridized carbons (Fsp3) is 0.143. The van der Waals surface area contributed by atoms with Gasteiger partial charge in [0.1, 0.15) is 24.7 Å². The van der Waals surface area contributed by atoms with Crippen molar-refractivity contribution in [1.82, 2.24) is 4.98 Å². The molecule has 7 heteroatoms. The Bertz CT molecular complexity index is 902. The van der Waals surface area contributed by atoms with Crippen LogP contribution in [-0.4, -0.2) is 24.0 Å². The average molecular weight is 398 g/mol. The molecular formula is C21H20ClN3O3. The van der Waals surface area contributed by atoms with E-state index in [2.05, 4.69) is 10.1 Å². The monoisotopic (exact) mass is 397 g/mol. The number of rotatable bonds is 9. The van der Waals surface area contributed by atoms with Crippen molar-refractivity contribution in [1.29, 1.82) is 0 Å². The molecule has 144 valence electrons. The standard InChI is InChI=1S/C21H20ClN3O3/c22-18-4-1-5-20(13-18)26-11-12-28-25-21(23)17-6-8-19(9-7-17)27-15-16-3-2-10-24-14-16/h1-10,13-14H,11-12,15H2,(H2,23,25). The van der Waals surface area contributed by atoms with E-state index >= 15 is 0 Å². The Kier molecular flexibility index (Phi) is 7.09. The molecule has 1 heterocycles. The Labute approximate surface area is 168 Å². The number of pyridine rings is 1. The molecule has 1 aromatic heterocycles. The molecule has 0 saturated carbocycles. The fourth-order valence-electron chi connectivity index (χ4n) is 2.29. The Morgan fingerprint density at radius 3 is 2.57 bits per heavy atom. The van der Waals surface area contributed by atoms with Crippen LogP contribution in [0.1, 0.15) is 11.1 Å². The minimum atomic E-state index is 0.263. The molecule has 0 amide bonds. The van der Waals surface area contributed by atoms with E-state index in [1.807, 2.05) is 48.5 Å². The number of hydrogen-bond donors (Lipinski definition) is 1. The summed E-state index contributed by atoms with van der Waals surface area (Å²) in [6.45, 7) is 1.05. The number of aromatic nitrogens is 1. The summed E-state index contributed by atoms with van der Waals surface area (Å²) in [5.41, 5.74) is 7.68. The van der Waals surface area contributed by atoms with Gasteiger partial charge in [0, 0.05) is 28.5 Å². The second-order valence-electron chi connectivity index (χ2n) is 5.79. The second-order valence-corrected chi connectivity index (χ2v) is 6.23. The number of halogens is 1. The highest BCUT2D eigenvalue weighted by Gasteiger charge is 2.02. The highest BCUT2D eigenvalue weighted by molar-refractivity contribution is 6.30. The number of benzene rings is 2. The molecule has 0 atom stereocenters. The minimum absolute atomic E-state index is 0.263. The summed E-state index contributed by atoms with van der Waals surface area (Å²) < 4.78 is 11.2. The third kappa shape index (κ3) is 6.17. The van der Waals surface area contributed by atoms with Gasteiger partial charge < -0.3 is 20.0 Å². The molecule has 2 N–H and O–H groups in total. The van der Waals surface area contributed by atoms with Crippen LogP contribution in [-0.2, 0) is 11.4 Å². The topological polar surface area (TPSA) is 79.0 Å². The first-order valence-electron chi connectivity index (χ1n) is 8.66. The zero-order valence-corrected chi connectivity index (χ0v) is 15.9. The third-order valence-electron chi connectivity index (χ3n) is 3.68. The molecular weight excluding hydrogens is 378 g/mol. The van der Waals surface area contributed by atoms with Crippen LogP contribution in [0.25, 0.3) is 0 Å². The molecule has 0 aliphatic heterocycles. The summed E-state index contributed by atoms with van der Waals surface area (Å²) in [7, 11) is 0. The van der Waals surface area contributed by atoms with Gasteiger partial charge in [-0.05, 0) is 48.5 Å². The smallest absolute Gasteiger partial charge is 0.170 e. The van der Waals surface area contributed by atoms with Gasteiger partial charge in [-0.1, -0.05) is 28.9 Å². The van der Waals surface area contributed by atoms with Crippen molar-refractivity contribution in [3.8, 4) is 11.5 Å². The lowest BCUT2D eigenvalue weighted by Gasteiger charge is -2.08. The SMILES string of the molecule is N/C(=N\OCCOc1cccc(Cl)c1)c1ccc(OCc2cccnc2)cc1. The van der Waals surface area contributed by atoms with Gasteiger partial charge in [0.05, 0.1) is 0 Å². The van der Waals surface area contributed by atoms with Gasteiger partial charge in [0.15, 0.2) is 12.4 Å². The number of ether oxygens (including phenoxy) is 2. The van der Waals surface area contributed by atoms with Crippen molar-refractivity contribution in [2.24, 2.45) is 10.9 Å². The van der Waals surface area contributed by atoms with Gasteiger partial charge in [-0.15, -0.1) is 0 Å². The van der Waals surface area contributed by atoms with Gasteiger partial charge >= 0.3 is 0 Å². The number of nitrogens with two attached hydrogens (primary N) is 1. The van der Waals surface area contributed by atoms with Crippen LogP contribution in [0.3, 0.4) is 0 Å². The van der Waals surface area contributed by atoms with Gasteiger partial charge in [0.2, 0.25) is 0 Å². The predicted octanol–water partition coefficient (Wildman–Crippen LogP) is 4.03. The molecule has 0 bridgehead atoms. The molecule has 3 aromatic rings. The van der Waals surface area contributed by atoms with Crippen molar-refractivity contribution in [2.75, 3.05) is 13.2 Å². The number of hydrogen-bond acceptors (Lipinski definition) is 5. The van der Waals surface area contributed by atoms with Crippen molar-refractivity contribution in [2.45, 2.75) is 6.61 Å². The summed E-state index contributed by atoms with van der Waals surface area (Å²) >= 11 is 5.90. The summed E-state index contributed by atoms with van der Waals surface area (Å²) in [6, 6.07) is 18.3. The lowest BCUT2D eigenvalue weighted by Crippen LogP contribution is -2.15. The normalized spacial score (nSPS) is 11.1. The summed E-state index contributed by atoms with van der Waals surface area (Å²) in [6.07, 6.45) is 3.50. The van der Waals surface area contributed by atoms with E-state index in [1.165, 1.54) is 0 Å². The van der Waals surface area contributed by atoms with Crippen molar-refractivity contribution < 1.29 is 14.3 Å². The number of oxime groups is 1. The zero-order chi connectivity index (χ0) is 19.6. The van der Waals surface area contributed by atoms with E-state index in [1.54, 1.807) is 24.5 Å². The number of nitrogens with zero attached hydrogens (tertiary/aromatic N) is 2. The molecule has 0 aliphatic rings. The lowest BCUT2D eigenvalue weighted by atomic mass is 10.2. The maximum absolute atomic E-state index is 5.94. The molecule has 2 aromatic carbocycles. The molecule has 6 nitrogen and oxygen atoms in total. The van der Waals surface area contributed by atoms with Crippen molar-refractivity contribution >= 4 is 17.4 Å². The zero-order valence-electron chi connectivity index (χ0n) is 15.1. The highest BCUT2D eigenvalue weighted by atomic mass is 35.5. The average Bonchev–Trinajstić information content (AvgIpc) is 2.73. The van der Waals surface area contributed by atoms with E-state index in [9.17, 15) is 0 Å². The molecule has 0 aliphatic carbocycles. The lowest BCUT2D eigenvalue weighted by molar-refractivity contribution is 0.107. The van der Waals surface area contributed by atoms with E-state index in [0.717, 1.165) is 16.9 Å². The first-order valence-corrected chi connectivity index (χ1v) is 9.04. The van der Waals surface area contributed by atoms with Crippen LogP contribution in [0, 0.1) is 0 Å². The van der Waals surface area contributed by atoms with E-state index < -0.39 is 0 Å². The second kappa shape index (κ2) is 10.2. The highest BCUT2D eigenvalue weighted by Crippen LogP contribution is 2.17. The predicted molar refractivity (Wildman–Crippen MR) is 109 cm³/mol. The van der Waals surface area contributed by atoms with Crippen LogP contribution in [0.5, 0.6) is 11.5 Å². The Morgan fingerprint density at radius 2 is 1.82 bits per heavy atom. The molecule has 0 radical (unpaired) electrons. The van der Waals surface area contributed by atoms with Crippen LogP contribution in [0.2, 0.25) is 5.02 Å². The van der Waals surface area contributed by atoms with Crippen LogP contribution < -0.4 is 15.2 Å². The maximum Gasteiger partial charge on any atom is 0.170 e. The molecule has 0 saturated heterocycles. The Balaban J connectivity index is 1.42. The molecule has 0 fully saturated rings. The Hall–Kier alpha value is -3.25. The summed E-state index contributed by atoms with van der Waals surface area (Å²) in [4.78, 5) is 9.26. The van der Waals surface area contributed by atoms with Gasteiger partial charge in [-0.3, -0.25) is 4.98 Å². The van der Waals surface area contributed by atoms with E-state index in [4.69, 9.17) is 31.6 Å². The van der Waals surface area contributed by atoms with Crippen molar-refractivity contribution in [3.05, 3.63) is 89.2 Å². The minimum Gasteiger partial charge on any atom is -0.490 e. The summed E-state index contributed by atoms with van der Waals surface area (Å²) in [5.74, 6) is 1.69. The first-order chi connectivity index (χ1) is 13.7. The van der Waals surface area contributed by atoms with Crippen LogP contribution in [0.15, 0.2) is 78.2 Å². The van der Waals surface area contributed by atoms with Crippen molar-refractivity contribution in [3.63, 3.8) is 0 Å². The van der Waals surface area contributed by atoms with Gasteiger partial charge in [-0.25, -0.2) is 0 Å². The fourth-order valence-corrected chi connectivity index (χ4v) is 2.47. The van der Waals surface area contributed by atoms with E-state index in [0.29, 0.717) is 24.0 Å². The quantitative estimate of drug-likeness (QED) is 0.255. The van der Waals surface area contributed by atoms with Gasteiger partial charge in [-0.2, -0.15) is 0 Å². The molecule has 3 rings (SSSR count). The maximum atomic E-state index is 5.94. The largest absolute Gasteiger partial charge is 0.490 e.